The van der Waals surface area contributed by atoms with E-state index in [0.717, 1.165) is 59.0 Å². The van der Waals surface area contributed by atoms with Gasteiger partial charge in [-0.05, 0) is 60.9 Å². The van der Waals surface area contributed by atoms with Crippen molar-refractivity contribution in [3.8, 4) is 0 Å². The molecular formula is C28H32N2O5S. The molecular weight excluding hydrogens is 476 g/mol. The van der Waals surface area contributed by atoms with E-state index in [1.54, 1.807) is 6.21 Å². The van der Waals surface area contributed by atoms with E-state index in [1.165, 1.54) is 0 Å². The predicted octanol–water partition coefficient (Wildman–Crippen LogP) is 7.26. The van der Waals surface area contributed by atoms with Gasteiger partial charge in [-0.15, -0.1) is 4.33 Å². The van der Waals surface area contributed by atoms with Crippen molar-refractivity contribution >= 4 is 35.6 Å². The summed E-state index contributed by atoms with van der Waals surface area (Å²) in [5, 5.41) is 21.2. The first-order valence-corrected chi connectivity index (χ1v) is 12.6. The van der Waals surface area contributed by atoms with Crippen LogP contribution in [0.25, 0.3) is 0 Å². The molecule has 0 unspecified atom stereocenters. The number of aliphatic carboxylic acids is 1. The number of aliphatic imine (C=N–C) groups is 1. The molecule has 0 saturated carbocycles. The normalized spacial score (nSPS) is 16.1. The third-order valence-electron chi connectivity index (χ3n) is 5.95. The molecule has 36 heavy (non-hydrogen) atoms. The topological polar surface area (TPSA) is 91.6 Å². The van der Waals surface area contributed by atoms with Crippen molar-refractivity contribution in [2.24, 2.45) is 4.99 Å². The lowest BCUT2D eigenvalue weighted by atomic mass is 9.83. The Morgan fingerprint density at radius 1 is 1.06 bits per heavy atom. The van der Waals surface area contributed by atoms with Crippen LogP contribution in [0.3, 0.4) is 0 Å². The monoisotopic (exact) mass is 508 g/mol. The van der Waals surface area contributed by atoms with Crippen LogP contribution >= 0.6 is 12.0 Å². The molecule has 1 heterocycles. The van der Waals surface area contributed by atoms with Gasteiger partial charge in [0.15, 0.2) is 0 Å². The maximum atomic E-state index is 10.8. The Kier molecular flexibility index (Phi) is 10.5. The summed E-state index contributed by atoms with van der Waals surface area (Å²) in [6, 6.07) is 15.8. The van der Waals surface area contributed by atoms with Crippen LogP contribution in [-0.2, 0) is 19.6 Å². The zero-order valence-corrected chi connectivity index (χ0v) is 21.4. The molecule has 0 aromatic heterocycles. The van der Waals surface area contributed by atoms with Crippen molar-refractivity contribution in [1.29, 1.82) is 0 Å². The first-order chi connectivity index (χ1) is 17.4. The van der Waals surface area contributed by atoms with Gasteiger partial charge in [-0.3, -0.25) is 9.79 Å². The summed E-state index contributed by atoms with van der Waals surface area (Å²) in [5.74, 6) is -0.755. The fraction of sp³-hybridized carbons (Fsp3) is 0.286. The van der Waals surface area contributed by atoms with Crippen LogP contribution in [0.4, 0.5) is 11.4 Å². The van der Waals surface area contributed by atoms with Gasteiger partial charge in [0.1, 0.15) is 0 Å². The second-order valence-corrected chi connectivity index (χ2v) is 9.60. The van der Waals surface area contributed by atoms with Gasteiger partial charge >= 0.3 is 5.97 Å². The minimum absolute atomic E-state index is 0.195. The van der Waals surface area contributed by atoms with Crippen LogP contribution in [0, 0.1) is 0 Å². The van der Waals surface area contributed by atoms with Crippen molar-refractivity contribution < 1.29 is 24.5 Å². The molecule has 1 aliphatic heterocycles. The molecule has 2 aromatic carbocycles. The Balaban J connectivity index is 1.75. The standard InChI is InChI=1S/C28H32N2O5S/c1-28(2)24-21-23(36-35-34-33)17-18-25(24)30(20-12-6-10-16-27(31)32)26(28)15-9-3-4-11-19-29-22-13-7-5-8-14-22/h3-5,7-9,11,13-15,17-19,21,33H,6,10,12,16,20H2,1-2H3,(H,31,32). The fourth-order valence-electron chi connectivity index (χ4n) is 4.19. The minimum atomic E-state index is -0.755. The summed E-state index contributed by atoms with van der Waals surface area (Å²) >= 11 is 0.943. The molecule has 2 N–H and O–H groups in total. The quantitative estimate of drug-likeness (QED) is 0.0735. The van der Waals surface area contributed by atoms with Crippen LogP contribution in [0.1, 0.15) is 45.1 Å². The molecule has 190 valence electrons. The molecule has 2 aromatic rings. The second kappa shape index (κ2) is 13.8. The smallest absolute Gasteiger partial charge is 0.303 e. The summed E-state index contributed by atoms with van der Waals surface area (Å²) in [7, 11) is 0. The van der Waals surface area contributed by atoms with Gasteiger partial charge in [-0.1, -0.05) is 61.7 Å². The molecule has 0 spiro atoms. The zero-order valence-electron chi connectivity index (χ0n) is 20.5. The summed E-state index contributed by atoms with van der Waals surface area (Å²) in [4.78, 5) is 18.3. The van der Waals surface area contributed by atoms with E-state index in [0.29, 0.717) is 6.42 Å². The van der Waals surface area contributed by atoms with Crippen LogP contribution in [-0.4, -0.2) is 29.1 Å². The number of carboxylic acid groups (broad SMARTS) is 1. The van der Waals surface area contributed by atoms with E-state index in [2.05, 4.69) is 39.2 Å². The van der Waals surface area contributed by atoms with Gasteiger partial charge in [0, 0.05) is 40.9 Å². The lowest BCUT2D eigenvalue weighted by Crippen LogP contribution is -2.27. The number of para-hydroxylation sites is 1. The lowest BCUT2D eigenvalue weighted by molar-refractivity contribution is -0.432. The Hall–Kier alpha value is -3.17. The number of benzene rings is 2. The van der Waals surface area contributed by atoms with E-state index in [4.69, 9.17) is 10.4 Å². The minimum Gasteiger partial charge on any atom is -0.481 e. The van der Waals surface area contributed by atoms with E-state index in [9.17, 15) is 4.79 Å². The van der Waals surface area contributed by atoms with Gasteiger partial charge in [0.25, 0.3) is 0 Å². The molecule has 8 heteroatoms. The molecule has 0 saturated heterocycles. The number of unbranched alkanes of at least 4 members (excludes halogenated alkanes) is 2. The summed E-state index contributed by atoms with van der Waals surface area (Å²) < 4.78 is 4.62. The first kappa shape index (κ1) is 27.4. The Morgan fingerprint density at radius 3 is 2.58 bits per heavy atom. The maximum Gasteiger partial charge on any atom is 0.303 e. The summed E-state index contributed by atoms with van der Waals surface area (Å²) in [6.45, 7) is 5.14. The highest BCUT2D eigenvalue weighted by Crippen LogP contribution is 2.49. The SMILES string of the molecule is CC1(C)C(=CC=CC=CC=Nc2ccccc2)N(CCCCCC(=O)O)c2ccc(SOOO)cc21. The number of hydrogen-bond acceptors (Lipinski definition) is 7. The van der Waals surface area contributed by atoms with Crippen LogP contribution in [0.15, 0.2) is 94.5 Å². The number of nitrogens with zero attached hydrogens (tertiary/aromatic N) is 2. The van der Waals surface area contributed by atoms with Crippen molar-refractivity contribution in [3.63, 3.8) is 0 Å². The number of allylic oxidation sites excluding steroid dienone is 6. The Labute approximate surface area is 216 Å². The number of carbonyl (C=O) groups is 1. The maximum absolute atomic E-state index is 10.8. The largest absolute Gasteiger partial charge is 0.481 e. The van der Waals surface area contributed by atoms with E-state index in [-0.39, 0.29) is 11.8 Å². The third-order valence-corrected chi connectivity index (χ3v) is 6.52. The molecule has 0 amide bonds. The van der Waals surface area contributed by atoms with Crippen molar-refractivity contribution in [2.45, 2.75) is 49.8 Å². The second-order valence-electron chi connectivity index (χ2n) is 8.82. The molecule has 3 rings (SSSR count). The number of hydrogen-bond donors (Lipinski definition) is 2. The molecule has 0 radical (unpaired) electrons. The highest BCUT2D eigenvalue weighted by Gasteiger charge is 2.39. The van der Waals surface area contributed by atoms with Gasteiger partial charge in [0.2, 0.25) is 0 Å². The highest BCUT2D eigenvalue weighted by molar-refractivity contribution is 7.94. The molecule has 0 atom stereocenters. The van der Waals surface area contributed by atoms with Gasteiger partial charge < -0.3 is 10.0 Å². The lowest BCUT2D eigenvalue weighted by Gasteiger charge is -2.27. The average Bonchev–Trinajstić information content (AvgIpc) is 3.08. The summed E-state index contributed by atoms with van der Waals surface area (Å²) in [5.41, 5.74) is 4.05. The number of anilines is 1. The average molecular weight is 509 g/mol. The van der Waals surface area contributed by atoms with Crippen LogP contribution < -0.4 is 4.90 Å². The van der Waals surface area contributed by atoms with Crippen molar-refractivity contribution in [1.82, 2.24) is 0 Å². The van der Waals surface area contributed by atoms with Gasteiger partial charge in [-0.2, -0.15) is 0 Å². The van der Waals surface area contributed by atoms with Crippen molar-refractivity contribution in [2.75, 3.05) is 11.4 Å². The Morgan fingerprint density at radius 2 is 1.83 bits per heavy atom. The van der Waals surface area contributed by atoms with E-state index in [1.807, 2.05) is 72.8 Å². The number of fused-ring (bicyclic) bond motifs is 1. The molecule has 1 aliphatic rings. The van der Waals surface area contributed by atoms with E-state index >= 15 is 0 Å². The van der Waals surface area contributed by atoms with Gasteiger partial charge in [-0.25, -0.2) is 5.26 Å². The molecule has 7 nitrogen and oxygen atoms in total. The van der Waals surface area contributed by atoms with Crippen LogP contribution in [0.2, 0.25) is 0 Å². The first-order valence-electron chi connectivity index (χ1n) is 11.9. The van der Waals surface area contributed by atoms with Crippen molar-refractivity contribution in [3.05, 3.63) is 90.2 Å². The molecule has 0 aliphatic carbocycles. The van der Waals surface area contributed by atoms with E-state index < -0.39 is 5.97 Å². The molecule has 0 bridgehead atoms. The number of rotatable bonds is 13. The zero-order chi connectivity index (χ0) is 25.8. The third kappa shape index (κ3) is 7.66. The number of carboxylic acids is 1. The highest BCUT2D eigenvalue weighted by atomic mass is 32.2. The fourth-order valence-corrected chi connectivity index (χ4v) is 4.59. The van der Waals surface area contributed by atoms with Gasteiger partial charge in [0.05, 0.1) is 17.7 Å². The summed E-state index contributed by atoms with van der Waals surface area (Å²) in [6.07, 6.45) is 14.3. The Bertz CT molecular complexity index is 1130. The molecule has 0 fully saturated rings. The predicted molar refractivity (Wildman–Crippen MR) is 145 cm³/mol. The van der Waals surface area contributed by atoms with Crippen LogP contribution in [0.5, 0.6) is 0 Å².